The molecule has 0 aliphatic carbocycles. The number of hydrogen-bond acceptors (Lipinski definition) is 3. The number of quaternary nitrogens is 1. The molecule has 0 radical (unpaired) electrons. The van der Waals surface area contributed by atoms with E-state index in [1.54, 1.807) is 0 Å². The quantitative estimate of drug-likeness (QED) is 0.729. The Morgan fingerprint density at radius 1 is 1.07 bits per heavy atom. The highest BCUT2D eigenvalue weighted by Gasteiger charge is 2.31. The highest BCUT2D eigenvalue weighted by Crippen LogP contribution is 2.16. The second-order valence-corrected chi connectivity index (χ2v) is 8.49. The summed E-state index contributed by atoms with van der Waals surface area (Å²) in [4.78, 5) is 13.1. The first-order chi connectivity index (χ1) is 12.9. The third-order valence-corrected chi connectivity index (χ3v) is 6.50. The predicted molar refractivity (Wildman–Crippen MR) is 99.0 cm³/mol. The maximum atomic E-state index is 13.3. The fraction of sp³-hybridized carbons (Fsp3) is 0.316. The maximum Gasteiger partial charge on any atom is 0.275 e. The van der Waals surface area contributed by atoms with E-state index in [4.69, 9.17) is 0 Å². The van der Waals surface area contributed by atoms with Gasteiger partial charge in [0.2, 0.25) is 10.0 Å². The van der Waals surface area contributed by atoms with Crippen molar-refractivity contribution in [1.82, 2.24) is 9.62 Å². The molecule has 144 valence electrons. The van der Waals surface area contributed by atoms with Crippen LogP contribution in [0.2, 0.25) is 0 Å². The molecule has 6 nitrogen and oxygen atoms in total. The SMILES string of the molecule is O=C(C[NH+]1CCN(S(=O)(=O)c2cccc(F)c2)CC1)NCc1ccccc1. The summed E-state index contributed by atoms with van der Waals surface area (Å²) in [5.74, 6) is -0.634. The molecule has 27 heavy (non-hydrogen) atoms. The summed E-state index contributed by atoms with van der Waals surface area (Å²) in [6.45, 7) is 2.47. The second-order valence-electron chi connectivity index (χ2n) is 6.55. The molecule has 1 heterocycles. The van der Waals surface area contributed by atoms with E-state index in [9.17, 15) is 17.6 Å². The van der Waals surface area contributed by atoms with Crippen LogP contribution in [0.25, 0.3) is 0 Å². The molecule has 1 saturated heterocycles. The van der Waals surface area contributed by atoms with Crippen molar-refractivity contribution in [1.29, 1.82) is 0 Å². The first kappa shape index (κ1) is 19.5. The van der Waals surface area contributed by atoms with Gasteiger partial charge in [-0.25, -0.2) is 12.8 Å². The van der Waals surface area contributed by atoms with Gasteiger partial charge in [-0.1, -0.05) is 36.4 Å². The minimum atomic E-state index is -3.70. The predicted octanol–water partition coefficient (Wildman–Crippen LogP) is 0.0313. The van der Waals surface area contributed by atoms with Crippen molar-refractivity contribution in [3.63, 3.8) is 0 Å². The normalized spacial score (nSPS) is 16.2. The van der Waals surface area contributed by atoms with Crippen molar-refractivity contribution in [2.45, 2.75) is 11.4 Å². The number of carbonyl (C=O) groups excluding carboxylic acids is 1. The Bertz CT molecular complexity index is 882. The molecule has 0 spiro atoms. The fourth-order valence-corrected chi connectivity index (χ4v) is 4.56. The molecular formula is C19H23FN3O3S+. The van der Waals surface area contributed by atoms with Crippen LogP contribution in [0, 0.1) is 5.82 Å². The number of nitrogens with zero attached hydrogens (tertiary/aromatic N) is 1. The zero-order chi connectivity index (χ0) is 19.3. The van der Waals surface area contributed by atoms with Crippen LogP contribution < -0.4 is 10.2 Å². The van der Waals surface area contributed by atoms with E-state index in [2.05, 4.69) is 5.32 Å². The van der Waals surface area contributed by atoms with Crippen LogP contribution in [-0.4, -0.2) is 51.4 Å². The first-order valence-electron chi connectivity index (χ1n) is 8.85. The van der Waals surface area contributed by atoms with Gasteiger partial charge in [-0.15, -0.1) is 0 Å². The van der Waals surface area contributed by atoms with Crippen molar-refractivity contribution >= 4 is 15.9 Å². The van der Waals surface area contributed by atoms with Crippen molar-refractivity contribution in [2.24, 2.45) is 0 Å². The Kier molecular flexibility index (Phi) is 6.20. The summed E-state index contributed by atoms with van der Waals surface area (Å²) < 4.78 is 39.9. The van der Waals surface area contributed by atoms with Crippen LogP contribution in [0.3, 0.4) is 0 Å². The minimum Gasteiger partial charge on any atom is -0.347 e. The molecule has 2 aromatic carbocycles. The molecule has 0 bridgehead atoms. The Balaban J connectivity index is 1.49. The van der Waals surface area contributed by atoms with Crippen LogP contribution in [0.4, 0.5) is 4.39 Å². The van der Waals surface area contributed by atoms with Crippen LogP contribution >= 0.6 is 0 Å². The van der Waals surface area contributed by atoms with Gasteiger partial charge in [-0.05, 0) is 23.8 Å². The molecule has 2 N–H and O–H groups in total. The zero-order valence-corrected chi connectivity index (χ0v) is 15.7. The highest BCUT2D eigenvalue weighted by molar-refractivity contribution is 7.89. The number of nitrogens with one attached hydrogen (secondary N) is 2. The van der Waals surface area contributed by atoms with Gasteiger partial charge >= 0.3 is 0 Å². The number of hydrogen-bond donors (Lipinski definition) is 2. The van der Waals surface area contributed by atoms with Gasteiger partial charge in [0.25, 0.3) is 5.91 Å². The van der Waals surface area contributed by atoms with Gasteiger partial charge in [0.1, 0.15) is 5.82 Å². The summed E-state index contributed by atoms with van der Waals surface area (Å²) in [5, 5.41) is 2.89. The summed E-state index contributed by atoms with van der Waals surface area (Å²) in [5.41, 5.74) is 1.03. The number of piperazine rings is 1. The third-order valence-electron chi connectivity index (χ3n) is 4.61. The van der Waals surface area contributed by atoms with Gasteiger partial charge in [0.15, 0.2) is 6.54 Å². The smallest absolute Gasteiger partial charge is 0.275 e. The molecule has 0 saturated carbocycles. The van der Waals surface area contributed by atoms with Crippen molar-refractivity contribution in [2.75, 3.05) is 32.7 Å². The lowest BCUT2D eigenvalue weighted by Gasteiger charge is -2.31. The Morgan fingerprint density at radius 2 is 1.78 bits per heavy atom. The van der Waals surface area contributed by atoms with Gasteiger partial charge in [-0.3, -0.25) is 4.79 Å². The maximum absolute atomic E-state index is 13.3. The Labute approximate surface area is 158 Å². The van der Waals surface area contributed by atoms with Crippen LogP contribution in [0.1, 0.15) is 5.56 Å². The monoisotopic (exact) mass is 392 g/mol. The van der Waals surface area contributed by atoms with E-state index < -0.39 is 15.8 Å². The minimum absolute atomic E-state index is 0.0356. The molecular weight excluding hydrogens is 369 g/mol. The average Bonchev–Trinajstić information content (AvgIpc) is 2.68. The largest absolute Gasteiger partial charge is 0.347 e. The van der Waals surface area contributed by atoms with Gasteiger partial charge in [0, 0.05) is 6.54 Å². The van der Waals surface area contributed by atoms with Crippen molar-refractivity contribution in [3.8, 4) is 0 Å². The molecule has 3 rings (SSSR count). The Morgan fingerprint density at radius 3 is 2.44 bits per heavy atom. The topological polar surface area (TPSA) is 70.9 Å². The molecule has 1 amide bonds. The van der Waals surface area contributed by atoms with E-state index in [1.165, 1.54) is 22.5 Å². The highest BCUT2D eigenvalue weighted by atomic mass is 32.2. The summed E-state index contributed by atoms with van der Waals surface area (Å²) in [6, 6.07) is 14.7. The first-order valence-corrected chi connectivity index (χ1v) is 10.3. The summed E-state index contributed by atoms with van der Waals surface area (Å²) >= 11 is 0. The van der Waals surface area contributed by atoms with Crippen LogP contribution in [0.5, 0.6) is 0 Å². The van der Waals surface area contributed by atoms with Crippen molar-refractivity contribution in [3.05, 3.63) is 66.0 Å². The van der Waals surface area contributed by atoms with E-state index in [0.717, 1.165) is 16.5 Å². The molecule has 1 aliphatic heterocycles. The standard InChI is InChI=1S/C19H22FN3O3S/c20-17-7-4-8-18(13-17)27(25,26)23-11-9-22(10-12-23)15-19(24)21-14-16-5-2-1-3-6-16/h1-8,13H,9-12,14-15H2,(H,21,24)/p+1. The second kappa shape index (κ2) is 8.60. The van der Waals surface area contributed by atoms with Crippen LogP contribution in [0.15, 0.2) is 59.5 Å². The molecule has 1 aliphatic rings. The molecule has 0 atom stereocenters. The summed E-state index contributed by atoms with van der Waals surface area (Å²) in [7, 11) is -3.70. The number of rotatable bonds is 6. The number of benzene rings is 2. The Hall–Kier alpha value is -2.29. The third kappa shape index (κ3) is 5.12. The number of sulfonamides is 1. The van der Waals surface area contributed by atoms with E-state index in [-0.39, 0.29) is 10.8 Å². The molecule has 2 aromatic rings. The van der Waals surface area contributed by atoms with E-state index in [1.807, 2.05) is 30.3 Å². The van der Waals surface area contributed by atoms with Crippen molar-refractivity contribution < 1.29 is 22.5 Å². The average molecular weight is 392 g/mol. The lowest BCUT2D eigenvalue weighted by Crippen LogP contribution is -3.15. The fourth-order valence-electron chi connectivity index (χ4n) is 3.08. The summed E-state index contributed by atoms with van der Waals surface area (Å²) in [6.07, 6.45) is 0. The van der Waals surface area contributed by atoms with Gasteiger partial charge < -0.3 is 10.2 Å². The molecule has 1 fully saturated rings. The number of carbonyl (C=O) groups is 1. The molecule has 8 heteroatoms. The van der Waals surface area contributed by atoms with Gasteiger partial charge in [-0.2, -0.15) is 4.31 Å². The van der Waals surface area contributed by atoms with Crippen LogP contribution in [-0.2, 0) is 21.4 Å². The lowest BCUT2D eigenvalue weighted by atomic mass is 10.2. The van der Waals surface area contributed by atoms with E-state index >= 15 is 0 Å². The molecule has 0 aromatic heterocycles. The number of amides is 1. The lowest BCUT2D eigenvalue weighted by molar-refractivity contribution is -0.895. The number of halogens is 1. The van der Waals surface area contributed by atoms with Gasteiger partial charge in [0.05, 0.1) is 31.1 Å². The zero-order valence-electron chi connectivity index (χ0n) is 14.9. The van der Waals surface area contributed by atoms with E-state index in [0.29, 0.717) is 39.3 Å². The molecule has 0 unspecified atom stereocenters.